The van der Waals surface area contributed by atoms with Gasteiger partial charge in [-0.3, -0.25) is 0 Å². The van der Waals surface area contributed by atoms with Crippen molar-refractivity contribution >= 4 is 0 Å². The van der Waals surface area contributed by atoms with Gasteiger partial charge in [-0.15, -0.1) is 0 Å². The van der Waals surface area contributed by atoms with Crippen LogP contribution in [0.3, 0.4) is 0 Å². The molecule has 96 valence electrons. The lowest BCUT2D eigenvalue weighted by atomic mass is 9.71. The molecule has 1 unspecified atom stereocenters. The molecule has 0 aromatic heterocycles. The summed E-state index contributed by atoms with van der Waals surface area (Å²) in [6.45, 7) is 2.99. The standard InChI is InChI=1S/C16H21NO/c1-3-12-6-7-14(9-13(12)4-1)16(10-18-11-16)15-5-2-8-17-15/h6-7,9,15,17H,1-5,8,10-11H2. The van der Waals surface area contributed by atoms with E-state index in [-0.39, 0.29) is 5.41 Å². The summed E-state index contributed by atoms with van der Waals surface area (Å²) in [5, 5.41) is 3.69. The number of fused-ring (bicyclic) bond motifs is 1. The van der Waals surface area contributed by atoms with Gasteiger partial charge in [0.05, 0.1) is 18.6 Å². The van der Waals surface area contributed by atoms with Crippen molar-refractivity contribution in [3.63, 3.8) is 0 Å². The summed E-state index contributed by atoms with van der Waals surface area (Å²) in [6, 6.07) is 7.84. The van der Waals surface area contributed by atoms with Gasteiger partial charge in [0.1, 0.15) is 0 Å². The molecule has 1 aromatic rings. The number of hydrogen-bond acceptors (Lipinski definition) is 2. The predicted octanol–water partition coefficient (Wildman–Crippen LogP) is 2.20. The van der Waals surface area contributed by atoms with Crippen molar-refractivity contribution < 1.29 is 4.74 Å². The first kappa shape index (κ1) is 11.0. The van der Waals surface area contributed by atoms with Crippen LogP contribution < -0.4 is 5.32 Å². The fourth-order valence-electron chi connectivity index (χ4n) is 3.93. The summed E-state index contributed by atoms with van der Waals surface area (Å²) in [6.07, 6.45) is 6.51. The molecule has 1 aromatic carbocycles. The van der Waals surface area contributed by atoms with Gasteiger partial charge >= 0.3 is 0 Å². The topological polar surface area (TPSA) is 21.3 Å². The van der Waals surface area contributed by atoms with E-state index in [1.165, 1.54) is 44.2 Å². The third kappa shape index (κ3) is 1.49. The lowest BCUT2D eigenvalue weighted by molar-refractivity contribution is -0.0761. The van der Waals surface area contributed by atoms with Crippen LogP contribution >= 0.6 is 0 Å². The highest BCUT2D eigenvalue weighted by Gasteiger charge is 2.48. The molecule has 2 nitrogen and oxygen atoms in total. The fraction of sp³-hybridized carbons (Fsp3) is 0.625. The predicted molar refractivity (Wildman–Crippen MR) is 72.0 cm³/mol. The van der Waals surface area contributed by atoms with Gasteiger partial charge in [-0.2, -0.15) is 0 Å². The molecular weight excluding hydrogens is 222 g/mol. The Hall–Kier alpha value is -0.860. The van der Waals surface area contributed by atoms with Crippen molar-refractivity contribution in [2.75, 3.05) is 19.8 Å². The molecule has 0 radical (unpaired) electrons. The van der Waals surface area contributed by atoms with Gasteiger partial charge in [-0.05, 0) is 55.3 Å². The molecule has 3 aliphatic rings. The van der Waals surface area contributed by atoms with Crippen molar-refractivity contribution in [1.82, 2.24) is 5.32 Å². The molecule has 4 rings (SSSR count). The van der Waals surface area contributed by atoms with Crippen LogP contribution in [0.5, 0.6) is 0 Å². The second kappa shape index (κ2) is 4.07. The van der Waals surface area contributed by atoms with Crippen LogP contribution in [0.4, 0.5) is 0 Å². The highest BCUT2D eigenvalue weighted by atomic mass is 16.5. The van der Waals surface area contributed by atoms with Gasteiger partial charge in [0, 0.05) is 6.04 Å². The molecule has 2 heteroatoms. The average Bonchev–Trinajstić information content (AvgIpc) is 2.96. The number of hydrogen-bond donors (Lipinski definition) is 1. The molecule has 0 amide bonds. The quantitative estimate of drug-likeness (QED) is 0.860. The van der Waals surface area contributed by atoms with Crippen LogP contribution in [0.25, 0.3) is 0 Å². The van der Waals surface area contributed by atoms with Crippen LogP contribution in [0, 0.1) is 0 Å². The van der Waals surface area contributed by atoms with Crippen molar-refractivity contribution in [3.8, 4) is 0 Å². The number of ether oxygens (including phenoxy) is 1. The van der Waals surface area contributed by atoms with E-state index in [9.17, 15) is 0 Å². The molecule has 1 atom stereocenters. The highest BCUT2D eigenvalue weighted by molar-refractivity contribution is 5.41. The average molecular weight is 243 g/mol. The van der Waals surface area contributed by atoms with Crippen LogP contribution in [0.1, 0.15) is 36.0 Å². The largest absolute Gasteiger partial charge is 0.379 e. The summed E-state index contributed by atoms with van der Waals surface area (Å²) in [5.74, 6) is 0. The minimum Gasteiger partial charge on any atom is -0.379 e. The minimum atomic E-state index is 0.272. The second-order valence-corrected chi connectivity index (χ2v) is 6.13. The molecule has 2 aliphatic heterocycles. The SMILES string of the molecule is c1cc2c(cc1C1(C3CCCN3)COC1)CCC2. The van der Waals surface area contributed by atoms with E-state index < -0.39 is 0 Å². The maximum Gasteiger partial charge on any atom is 0.0600 e. The minimum absolute atomic E-state index is 0.272. The number of rotatable bonds is 2. The van der Waals surface area contributed by atoms with Crippen molar-refractivity contribution in [3.05, 3.63) is 34.9 Å². The molecule has 2 heterocycles. The van der Waals surface area contributed by atoms with Gasteiger partial charge in [-0.25, -0.2) is 0 Å². The lowest BCUT2D eigenvalue weighted by Crippen LogP contribution is -2.58. The Bertz CT molecular complexity index is 458. The van der Waals surface area contributed by atoms with Crippen LogP contribution in [0.2, 0.25) is 0 Å². The molecule has 2 fully saturated rings. The molecule has 0 spiro atoms. The Kier molecular flexibility index (Phi) is 2.49. The summed E-state index contributed by atoms with van der Waals surface area (Å²) in [7, 11) is 0. The van der Waals surface area contributed by atoms with Crippen molar-refractivity contribution in [2.45, 2.75) is 43.6 Å². The number of nitrogens with one attached hydrogen (secondary N) is 1. The van der Waals surface area contributed by atoms with E-state index in [0.717, 1.165) is 13.2 Å². The summed E-state index contributed by atoms with van der Waals surface area (Å²) in [4.78, 5) is 0. The summed E-state index contributed by atoms with van der Waals surface area (Å²) < 4.78 is 5.58. The van der Waals surface area contributed by atoms with Crippen LogP contribution in [-0.2, 0) is 23.0 Å². The zero-order valence-electron chi connectivity index (χ0n) is 10.9. The monoisotopic (exact) mass is 243 g/mol. The van der Waals surface area contributed by atoms with Gasteiger partial charge in [0.2, 0.25) is 0 Å². The molecule has 0 bridgehead atoms. The van der Waals surface area contributed by atoms with E-state index in [1.54, 1.807) is 11.1 Å². The fourth-order valence-corrected chi connectivity index (χ4v) is 3.93. The normalized spacial score (nSPS) is 29.0. The van der Waals surface area contributed by atoms with Crippen molar-refractivity contribution in [1.29, 1.82) is 0 Å². The summed E-state index contributed by atoms with van der Waals surface area (Å²) >= 11 is 0. The molecule has 0 saturated carbocycles. The maximum atomic E-state index is 5.58. The molecule has 18 heavy (non-hydrogen) atoms. The molecular formula is C16H21NO. The first-order valence-corrected chi connectivity index (χ1v) is 7.32. The second-order valence-electron chi connectivity index (χ2n) is 6.13. The number of aryl methyl sites for hydroxylation is 2. The number of benzene rings is 1. The van der Waals surface area contributed by atoms with E-state index >= 15 is 0 Å². The van der Waals surface area contributed by atoms with E-state index in [1.807, 2.05) is 0 Å². The smallest absolute Gasteiger partial charge is 0.0600 e. The van der Waals surface area contributed by atoms with Gasteiger partial charge < -0.3 is 10.1 Å². The first-order valence-electron chi connectivity index (χ1n) is 7.32. The Balaban J connectivity index is 1.71. The summed E-state index contributed by atoms with van der Waals surface area (Å²) in [5.41, 5.74) is 4.97. The van der Waals surface area contributed by atoms with E-state index in [0.29, 0.717) is 6.04 Å². The van der Waals surface area contributed by atoms with Gasteiger partial charge in [-0.1, -0.05) is 18.2 Å². The Morgan fingerprint density at radius 2 is 2.00 bits per heavy atom. The van der Waals surface area contributed by atoms with Crippen LogP contribution in [-0.4, -0.2) is 25.8 Å². The first-order chi connectivity index (χ1) is 8.88. The third-order valence-electron chi connectivity index (χ3n) is 5.12. The van der Waals surface area contributed by atoms with Gasteiger partial charge in [0.15, 0.2) is 0 Å². The van der Waals surface area contributed by atoms with Crippen LogP contribution in [0.15, 0.2) is 18.2 Å². The zero-order chi connectivity index (χ0) is 12.0. The molecule has 2 saturated heterocycles. The third-order valence-corrected chi connectivity index (χ3v) is 5.12. The maximum absolute atomic E-state index is 5.58. The van der Waals surface area contributed by atoms with Crippen molar-refractivity contribution in [2.24, 2.45) is 0 Å². The Morgan fingerprint density at radius 1 is 1.11 bits per heavy atom. The van der Waals surface area contributed by atoms with E-state index in [4.69, 9.17) is 4.74 Å². The Morgan fingerprint density at radius 3 is 2.72 bits per heavy atom. The lowest BCUT2D eigenvalue weighted by Gasteiger charge is -2.46. The Labute approximate surface area is 109 Å². The van der Waals surface area contributed by atoms with E-state index in [2.05, 4.69) is 23.5 Å². The molecule has 1 aliphatic carbocycles. The molecule has 1 N–H and O–H groups in total. The highest BCUT2D eigenvalue weighted by Crippen LogP contribution is 2.40. The van der Waals surface area contributed by atoms with Gasteiger partial charge in [0.25, 0.3) is 0 Å². The zero-order valence-corrected chi connectivity index (χ0v) is 10.9.